The van der Waals surface area contributed by atoms with Gasteiger partial charge in [0.05, 0.1) is 6.04 Å². The second-order valence-electron chi connectivity index (χ2n) is 4.31. The molecule has 1 heterocycles. The van der Waals surface area contributed by atoms with Gasteiger partial charge in [-0.3, -0.25) is 0 Å². The highest BCUT2D eigenvalue weighted by atomic mass is 35.5. The van der Waals surface area contributed by atoms with E-state index < -0.39 is 0 Å². The monoisotopic (exact) mass is 266 g/mol. The van der Waals surface area contributed by atoms with Crippen molar-refractivity contribution in [1.29, 1.82) is 0 Å². The first-order valence-electron chi connectivity index (χ1n) is 5.88. The quantitative estimate of drug-likeness (QED) is 0.925. The Morgan fingerprint density at radius 1 is 1.17 bits per heavy atom. The molecule has 1 aromatic carbocycles. The SMILES string of the molecule is CNCc1nn(C(C)C)nc1-c1ccccc1.Cl. The lowest BCUT2D eigenvalue weighted by atomic mass is 10.1. The number of hydrogen-bond donors (Lipinski definition) is 1. The summed E-state index contributed by atoms with van der Waals surface area (Å²) in [5.41, 5.74) is 3.07. The topological polar surface area (TPSA) is 42.7 Å². The highest BCUT2D eigenvalue weighted by molar-refractivity contribution is 5.85. The van der Waals surface area contributed by atoms with Crippen molar-refractivity contribution in [2.24, 2.45) is 0 Å². The predicted octanol–water partition coefficient (Wildman–Crippen LogP) is 2.67. The molecule has 1 N–H and O–H groups in total. The molecule has 2 aromatic rings. The molecule has 0 saturated heterocycles. The zero-order chi connectivity index (χ0) is 12.3. The summed E-state index contributed by atoms with van der Waals surface area (Å²) < 4.78 is 0. The number of rotatable bonds is 4. The van der Waals surface area contributed by atoms with Crippen molar-refractivity contribution in [3.8, 4) is 11.3 Å². The average Bonchev–Trinajstić information content (AvgIpc) is 2.75. The van der Waals surface area contributed by atoms with Crippen LogP contribution in [-0.4, -0.2) is 22.0 Å². The van der Waals surface area contributed by atoms with Crippen LogP contribution in [0.1, 0.15) is 25.6 Å². The Kier molecular flexibility index (Phi) is 5.31. The molecule has 1 aromatic heterocycles. The first-order chi connectivity index (χ1) is 8.22. The lowest BCUT2D eigenvalue weighted by Crippen LogP contribution is -2.08. The van der Waals surface area contributed by atoms with Gasteiger partial charge in [-0.15, -0.1) is 12.4 Å². The Hall–Kier alpha value is -1.39. The molecule has 0 spiro atoms. The molecule has 0 fully saturated rings. The summed E-state index contributed by atoms with van der Waals surface area (Å²) in [6.07, 6.45) is 0. The molecule has 5 heteroatoms. The largest absolute Gasteiger partial charge is 0.314 e. The minimum absolute atomic E-state index is 0. The molecular formula is C13H19ClN4. The highest BCUT2D eigenvalue weighted by Gasteiger charge is 2.13. The van der Waals surface area contributed by atoms with Crippen LogP contribution in [-0.2, 0) is 6.54 Å². The van der Waals surface area contributed by atoms with E-state index in [1.165, 1.54) is 0 Å². The van der Waals surface area contributed by atoms with Gasteiger partial charge in [0.2, 0.25) is 0 Å². The van der Waals surface area contributed by atoms with Gasteiger partial charge in [0.25, 0.3) is 0 Å². The second-order valence-corrected chi connectivity index (χ2v) is 4.31. The van der Waals surface area contributed by atoms with E-state index >= 15 is 0 Å². The van der Waals surface area contributed by atoms with Crippen molar-refractivity contribution in [3.05, 3.63) is 36.0 Å². The van der Waals surface area contributed by atoms with Crippen LogP contribution in [0.4, 0.5) is 0 Å². The van der Waals surface area contributed by atoms with E-state index in [1.807, 2.05) is 25.2 Å². The summed E-state index contributed by atoms with van der Waals surface area (Å²) in [6, 6.07) is 10.5. The molecule has 0 unspecified atom stereocenters. The normalized spacial score (nSPS) is 10.4. The van der Waals surface area contributed by atoms with Gasteiger partial charge in [-0.2, -0.15) is 15.0 Å². The van der Waals surface area contributed by atoms with Crippen LogP contribution in [0.3, 0.4) is 0 Å². The zero-order valence-electron chi connectivity index (χ0n) is 10.9. The molecule has 0 atom stereocenters. The van der Waals surface area contributed by atoms with E-state index in [0.717, 1.165) is 23.5 Å². The molecule has 2 rings (SSSR count). The van der Waals surface area contributed by atoms with Gasteiger partial charge in [-0.05, 0) is 20.9 Å². The van der Waals surface area contributed by atoms with Crippen molar-refractivity contribution in [2.45, 2.75) is 26.4 Å². The van der Waals surface area contributed by atoms with Crippen LogP contribution < -0.4 is 5.32 Å². The first kappa shape index (κ1) is 14.7. The molecule has 0 amide bonds. The van der Waals surface area contributed by atoms with Crippen molar-refractivity contribution in [2.75, 3.05) is 7.05 Å². The predicted molar refractivity (Wildman–Crippen MR) is 75.9 cm³/mol. The minimum atomic E-state index is 0. The van der Waals surface area contributed by atoms with Gasteiger partial charge in [0.15, 0.2) is 0 Å². The van der Waals surface area contributed by atoms with Gasteiger partial charge >= 0.3 is 0 Å². The van der Waals surface area contributed by atoms with Gasteiger partial charge in [0, 0.05) is 12.1 Å². The number of benzene rings is 1. The summed E-state index contributed by atoms with van der Waals surface area (Å²) >= 11 is 0. The standard InChI is InChI=1S/C13H18N4.ClH/c1-10(2)17-15-12(9-14-3)13(16-17)11-7-5-4-6-8-11;/h4-8,10,14H,9H2,1-3H3;1H. The lowest BCUT2D eigenvalue weighted by molar-refractivity contribution is 0.462. The molecule has 0 saturated carbocycles. The van der Waals surface area contributed by atoms with E-state index in [0.29, 0.717) is 0 Å². The third-order valence-electron chi connectivity index (χ3n) is 2.55. The number of nitrogens with one attached hydrogen (secondary N) is 1. The molecule has 0 aliphatic carbocycles. The summed E-state index contributed by atoms with van der Waals surface area (Å²) in [7, 11) is 1.92. The zero-order valence-corrected chi connectivity index (χ0v) is 11.7. The summed E-state index contributed by atoms with van der Waals surface area (Å²) in [6.45, 7) is 4.90. The fraction of sp³-hybridized carbons (Fsp3) is 0.385. The Balaban J connectivity index is 0.00000162. The molecule has 0 radical (unpaired) electrons. The van der Waals surface area contributed by atoms with Gasteiger partial charge in [-0.25, -0.2) is 0 Å². The van der Waals surface area contributed by atoms with Crippen LogP contribution in [0.25, 0.3) is 11.3 Å². The van der Waals surface area contributed by atoms with Crippen molar-refractivity contribution < 1.29 is 0 Å². The molecule has 98 valence electrons. The van der Waals surface area contributed by atoms with Crippen LogP contribution >= 0.6 is 12.4 Å². The van der Waals surface area contributed by atoms with Crippen LogP contribution in [0, 0.1) is 0 Å². The number of nitrogens with zero attached hydrogens (tertiary/aromatic N) is 3. The Labute approximate surface area is 114 Å². The third-order valence-corrected chi connectivity index (χ3v) is 2.55. The van der Waals surface area contributed by atoms with E-state index in [1.54, 1.807) is 4.80 Å². The second kappa shape index (κ2) is 6.52. The van der Waals surface area contributed by atoms with Gasteiger partial charge in [-0.1, -0.05) is 30.3 Å². The minimum Gasteiger partial charge on any atom is -0.314 e. The Morgan fingerprint density at radius 2 is 1.83 bits per heavy atom. The third kappa shape index (κ3) is 3.09. The molecule has 0 aliphatic heterocycles. The van der Waals surface area contributed by atoms with E-state index in [-0.39, 0.29) is 18.4 Å². The van der Waals surface area contributed by atoms with Gasteiger partial charge < -0.3 is 5.32 Å². The summed E-state index contributed by atoms with van der Waals surface area (Å²) in [5.74, 6) is 0. The molecule has 0 aliphatic rings. The summed E-state index contributed by atoms with van der Waals surface area (Å²) in [5, 5.41) is 12.2. The first-order valence-corrected chi connectivity index (χ1v) is 5.88. The number of aromatic nitrogens is 3. The maximum absolute atomic E-state index is 4.56. The van der Waals surface area contributed by atoms with Crippen molar-refractivity contribution in [3.63, 3.8) is 0 Å². The van der Waals surface area contributed by atoms with Crippen LogP contribution in [0.5, 0.6) is 0 Å². The van der Waals surface area contributed by atoms with Gasteiger partial charge in [0.1, 0.15) is 11.4 Å². The van der Waals surface area contributed by atoms with Crippen LogP contribution in [0.2, 0.25) is 0 Å². The van der Waals surface area contributed by atoms with Crippen molar-refractivity contribution in [1.82, 2.24) is 20.3 Å². The van der Waals surface area contributed by atoms with E-state index in [2.05, 4.69) is 41.5 Å². The summed E-state index contributed by atoms with van der Waals surface area (Å²) in [4.78, 5) is 1.77. The van der Waals surface area contributed by atoms with Crippen molar-refractivity contribution >= 4 is 12.4 Å². The molecular weight excluding hydrogens is 248 g/mol. The Bertz CT molecular complexity index is 479. The smallest absolute Gasteiger partial charge is 0.117 e. The molecule has 18 heavy (non-hydrogen) atoms. The maximum Gasteiger partial charge on any atom is 0.117 e. The van der Waals surface area contributed by atoms with E-state index in [4.69, 9.17) is 0 Å². The van der Waals surface area contributed by atoms with E-state index in [9.17, 15) is 0 Å². The Morgan fingerprint density at radius 3 is 2.39 bits per heavy atom. The number of hydrogen-bond acceptors (Lipinski definition) is 3. The maximum atomic E-state index is 4.56. The average molecular weight is 267 g/mol. The molecule has 4 nitrogen and oxygen atoms in total. The lowest BCUT2D eigenvalue weighted by Gasteiger charge is -2.00. The number of halogens is 1. The highest BCUT2D eigenvalue weighted by Crippen LogP contribution is 2.20. The molecule has 0 bridgehead atoms. The fourth-order valence-electron chi connectivity index (χ4n) is 1.69. The van der Waals surface area contributed by atoms with Crippen LogP contribution in [0.15, 0.2) is 30.3 Å². The fourth-order valence-corrected chi connectivity index (χ4v) is 1.69.